The van der Waals surface area contributed by atoms with E-state index >= 15 is 0 Å². The van der Waals surface area contributed by atoms with Gasteiger partial charge in [0.15, 0.2) is 0 Å². The number of hydrogen-bond donors (Lipinski definition) is 1. The SMILES string of the molecule is CC1OCCC1C(N)c1cscc1Br. The van der Waals surface area contributed by atoms with Gasteiger partial charge in [-0.15, -0.1) is 0 Å². The van der Waals surface area contributed by atoms with Crippen LogP contribution in [0.15, 0.2) is 15.2 Å². The third-order valence-electron chi connectivity index (χ3n) is 2.90. The molecule has 1 aliphatic rings. The number of rotatable bonds is 2. The quantitative estimate of drug-likeness (QED) is 0.901. The van der Waals surface area contributed by atoms with E-state index in [1.54, 1.807) is 11.3 Å². The van der Waals surface area contributed by atoms with Crippen molar-refractivity contribution in [1.29, 1.82) is 0 Å². The minimum atomic E-state index is 0.105. The first kappa shape index (κ1) is 10.6. The van der Waals surface area contributed by atoms with Gasteiger partial charge in [-0.05, 0) is 40.2 Å². The van der Waals surface area contributed by atoms with Crippen LogP contribution in [0.1, 0.15) is 24.9 Å². The zero-order chi connectivity index (χ0) is 10.1. The van der Waals surface area contributed by atoms with Gasteiger partial charge in [-0.25, -0.2) is 0 Å². The summed E-state index contributed by atoms with van der Waals surface area (Å²) in [7, 11) is 0. The molecule has 1 aromatic rings. The molecule has 0 amide bonds. The zero-order valence-corrected chi connectivity index (χ0v) is 10.5. The Hall–Kier alpha value is 0.100. The normalized spacial score (nSPS) is 29.4. The Morgan fingerprint density at radius 1 is 1.64 bits per heavy atom. The molecule has 4 heteroatoms. The van der Waals surface area contributed by atoms with Crippen LogP contribution in [0.5, 0.6) is 0 Å². The van der Waals surface area contributed by atoms with Gasteiger partial charge in [0.2, 0.25) is 0 Å². The van der Waals surface area contributed by atoms with Crippen LogP contribution >= 0.6 is 27.3 Å². The van der Waals surface area contributed by atoms with Gasteiger partial charge in [-0.2, -0.15) is 11.3 Å². The van der Waals surface area contributed by atoms with E-state index in [0.717, 1.165) is 17.5 Å². The summed E-state index contributed by atoms with van der Waals surface area (Å²) in [6.07, 6.45) is 1.36. The Labute approximate surface area is 96.6 Å². The molecular weight excluding hydrogens is 262 g/mol. The molecule has 14 heavy (non-hydrogen) atoms. The van der Waals surface area contributed by atoms with Crippen molar-refractivity contribution in [2.75, 3.05) is 6.61 Å². The average Bonchev–Trinajstić information content (AvgIpc) is 2.73. The molecule has 0 aromatic carbocycles. The molecule has 3 atom stereocenters. The lowest BCUT2D eigenvalue weighted by molar-refractivity contribution is 0.0995. The van der Waals surface area contributed by atoms with E-state index in [1.807, 2.05) is 0 Å². The van der Waals surface area contributed by atoms with Crippen LogP contribution in [-0.2, 0) is 4.74 Å². The van der Waals surface area contributed by atoms with Gasteiger partial charge in [0.1, 0.15) is 0 Å². The first-order chi connectivity index (χ1) is 6.70. The molecular formula is C10H14BrNOS. The van der Waals surface area contributed by atoms with E-state index in [4.69, 9.17) is 10.5 Å². The van der Waals surface area contributed by atoms with Gasteiger partial charge in [0.25, 0.3) is 0 Å². The maximum atomic E-state index is 6.23. The van der Waals surface area contributed by atoms with Crippen molar-refractivity contribution in [3.05, 3.63) is 20.8 Å². The summed E-state index contributed by atoms with van der Waals surface area (Å²) in [5.74, 6) is 0.459. The number of ether oxygens (including phenoxy) is 1. The minimum Gasteiger partial charge on any atom is -0.378 e. The number of hydrogen-bond acceptors (Lipinski definition) is 3. The average molecular weight is 276 g/mol. The molecule has 78 valence electrons. The fraction of sp³-hybridized carbons (Fsp3) is 0.600. The molecule has 0 saturated carbocycles. The van der Waals surface area contributed by atoms with Crippen LogP contribution < -0.4 is 5.73 Å². The van der Waals surface area contributed by atoms with Crippen LogP contribution in [0.4, 0.5) is 0 Å². The van der Waals surface area contributed by atoms with Crippen molar-refractivity contribution in [2.45, 2.75) is 25.5 Å². The van der Waals surface area contributed by atoms with Gasteiger partial charge >= 0.3 is 0 Å². The lowest BCUT2D eigenvalue weighted by atomic mass is 9.90. The third-order valence-corrected chi connectivity index (χ3v) is 4.65. The second-order valence-electron chi connectivity index (χ2n) is 3.73. The first-order valence-electron chi connectivity index (χ1n) is 4.79. The van der Waals surface area contributed by atoms with Crippen LogP contribution in [0.25, 0.3) is 0 Å². The Kier molecular flexibility index (Phi) is 3.27. The number of thiophene rings is 1. The molecule has 2 nitrogen and oxygen atoms in total. The minimum absolute atomic E-state index is 0.105. The Balaban J connectivity index is 2.15. The van der Waals surface area contributed by atoms with E-state index in [2.05, 4.69) is 33.6 Å². The van der Waals surface area contributed by atoms with Gasteiger partial charge in [0.05, 0.1) is 6.10 Å². The fourth-order valence-corrected chi connectivity index (χ4v) is 3.59. The molecule has 0 aliphatic carbocycles. The highest BCUT2D eigenvalue weighted by Crippen LogP contribution is 2.36. The van der Waals surface area contributed by atoms with Gasteiger partial charge in [0, 0.05) is 28.4 Å². The maximum Gasteiger partial charge on any atom is 0.0594 e. The van der Waals surface area contributed by atoms with Crippen molar-refractivity contribution in [1.82, 2.24) is 0 Å². The predicted octanol–water partition coefficient (Wildman–Crippen LogP) is 2.94. The van der Waals surface area contributed by atoms with E-state index in [1.165, 1.54) is 5.56 Å². The maximum absolute atomic E-state index is 6.23. The summed E-state index contributed by atoms with van der Waals surface area (Å²) < 4.78 is 6.67. The molecule has 2 heterocycles. The zero-order valence-electron chi connectivity index (χ0n) is 8.07. The number of nitrogens with two attached hydrogens (primary N) is 1. The van der Waals surface area contributed by atoms with Gasteiger partial charge in [-0.1, -0.05) is 0 Å². The molecule has 0 radical (unpaired) electrons. The molecule has 2 N–H and O–H groups in total. The summed E-state index contributed by atoms with van der Waals surface area (Å²) in [5, 5.41) is 4.20. The van der Waals surface area contributed by atoms with Crippen LogP contribution in [-0.4, -0.2) is 12.7 Å². The Bertz CT molecular complexity index is 315. The lowest BCUT2D eigenvalue weighted by Gasteiger charge is -2.21. The van der Waals surface area contributed by atoms with E-state index in [-0.39, 0.29) is 12.1 Å². The van der Waals surface area contributed by atoms with Gasteiger partial charge < -0.3 is 10.5 Å². The molecule has 0 bridgehead atoms. The predicted molar refractivity (Wildman–Crippen MR) is 62.5 cm³/mol. The smallest absolute Gasteiger partial charge is 0.0594 e. The first-order valence-corrected chi connectivity index (χ1v) is 6.52. The topological polar surface area (TPSA) is 35.2 Å². The van der Waals surface area contributed by atoms with Crippen molar-refractivity contribution < 1.29 is 4.74 Å². The molecule has 2 rings (SSSR count). The summed E-state index contributed by atoms with van der Waals surface area (Å²) in [5.41, 5.74) is 7.45. The second kappa shape index (κ2) is 4.31. The van der Waals surface area contributed by atoms with Crippen LogP contribution in [0, 0.1) is 5.92 Å². The highest BCUT2D eigenvalue weighted by Gasteiger charge is 2.31. The summed E-state index contributed by atoms with van der Waals surface area (Å²) in [6.45, 7) is 2.96. The monoisotopic (exact) mass is 275 g/mol. The highest BCUT2D eigenvalue weighted by molar-refractivity contribution is 9.10. The Morgan fingerprint density at radius 3 is 2.93 bits per heavy atom. The third kappa shape index (κ3) is 1.89. The van der Waals surface area contributed by atoms with Crippen molar-refractivity contribution in [3.63, 3.8) is 0 Å². The Morgan fingerprint density at radius 2 is 2.43 bits per heavy atom. The van der Waals surface area contributed by atoms with Gasteiger partial charge in [-0.3, -0.25) is 0 Å². The van der Waals surface area contributed by atoms with Crippen LogP contribution in [0.3, 0.4) is 0 Å². The summed E-state index contributed by atoms with van der Waals surface area (Å²) in [6, 6.07) is 0.105. The standard InChI is InChI=1S/C10H14BrNOS/c1-6-7(2-3-13-6)10(12)8-4-14-5-9(8)11/h4-7,10H,2-3,12H2,1H3. The number of halogens is 1. The fourth-order valence-electron chi connectivity index (χ4n) is 1.98. The van der Waals surface area contributed by atoms with E-state index in [9.17, 15) is 0 Å². The summed E-state index contributed by atoms with van der Waals surface area (Å²) >= 11 is 5.21. The molecule has 1 aliphatic heterocycles. The molecule has 1 fully saturated rings. The molecule has 1 saturated heterocycles. The second-order valence-corrected chi connectivity index (χ2v) is 5.33. The molecule has 0 spiro atoms. The van der Waals surface area contributed by atoms with Crippen molar-refractivity contribution in [2.24, 2.45) is 11.7 Å². The van der Waals surface area contributed by atoms with Crippen molar-refractivity contribution in [3.8, 4) is 0 Å². The highest BCUT2D eigenvalue weighted by atomic mass is 79.9. The molecule has 3 unspecified atom stereocenters. The van der Waals surface area contributed by atoms with Crippen LogP contribution in [0.2, 0.25) is 0 Å². The van der Waals surface area contributed by atoms with E-state index in [0.29, 0.717) is 5.92 Å². The largest absolute Gasteiger partial charge is 0.378 e. The summed E-state index contributed by atoms with van der Waals surface area (Å²) in [4.78, 5) is 0. The van der Waals surface area contributed by atoms with E-state index < -0.39 is 0 Å². The lowest BCUT2D eigenvalue weighted by Crippen LogP contribution is -2.26. The molecule has 1 aromatic heterocycles. The van der Waals surface area contributed by atoms with Crippen molar-refractivity contribution >= 4 is 27.3 Å².